The molecule has 0 unspecified atom stereocenters. The summed E-state index contributed by atoms with van der Waals surface area (Å²) in [6, 6.07) is 3.70. The Kier molecular flexibility index (Phi) is 3.15. The first kappa shape index (κ1) is 12.0. The van der Waals surface area contributed by atoms with Gasteiger partial charge in [0.25, 0.3) is 0 Å². The summed E-state index contributed by atoms with van der Waals surface area (Å²) in [4.78, 5) is 15.8. The van der Waals surface area contributed by atoms with Gasteiger partial charge in [0.1, 0.15) is 5.41 Å². The lowest BCUT2D eigenvalue weighted by molar-refractivity contribution is -0.146. The first-order valence-electron chi connectivity index (χ1n) is 5.89. The summed E-state index contributed by atoms with van der Waals surface area (Å²) >= 11 is 0. The van der Waals surface area contributed by atoms with E-state index in [1.54, 1.807) is 6.20 Å². The fourth-order valence-corrected chi connectivity index (χ4v) is 2.47. The van der Waals surface area contributed by atoms with Gasteiger partial charge in [-0.2, -0.15) is 0 Å². The summed E-state index contributed by atoms with van der Waals surface area (Å²) in [5, 5.41) is 19.0. The molecule has 1 aliphatic rings. The van der Waals surface area contributed by atoms with Crippen LogP contribution in [0.2, 0.25) is 0 Å². The highest BCUT2D eigenvalue weighted by molar-refractivity contribution is 5.81. The van der Waals surface area contributed by atoms with E-state index in [1.807, 2.05) is 19.1 Å². The van der Waals surface area contributed by atoms with Crippen molar-refractivity contribution in [3.05, 3.63) is 29.6 Å². The average Bonchev–Trinajstić information content (AvgIpc) is 2.30. The van der Waals surface area contributed by atoms with Crippen LogP contribution < -0.4 is 0 Å². The van der Waals surface area contributed by atoms with Crippen molar-refractivity contribution in [2.24, 2.45) is 0 Å². The van der Waals surface area contributed by atoms with Gasteiger partial charge in [0.15, 0.2) is 0 Å². The van der Waals surface area contributed by atoms with Crippen molar-refractivity contribution in [1.82, 2.24) is 4.98 Å². The Balaban J connectivity index is 2.38. The third-order valence-electron chi connectivity index (χ3n) is 3.62. The summed E-state index contributed by atoms with van der Waals surface area (Å²) in [5.41, 5.74) is 0.726. The molecule has 0 aliphatic heterocycles. The molecule has 1 heterocycles. The van der Waals surface area contributed by atoms with E-state index < -0.39 is 11.4 Å². The van der Waals surface area contributed by atoms with Crippen molar-refractivity contribution < 1.29 is 15.0 Å². The molecule has 0 aromatic carbocycles. The molecule has 1 aromatic heterocycles. The molecule has 4 nitrogen and oxygen atoms in total. The minimum absolute atomic E-state index is 0.368. The van der Waals surface area contributed by atoms with Crippen LogP contribution in [-0.4, -0.2) is 27.3 Å². The smallest absolute Gasteiger partial charge is 0.315 e. The van der Waals surface area contributed by atoms with E-state index in [0.717, 1.165) is 5.56 Å². The molecule has 0 saturated heterocycles. The first-order valence-corrected chi connectivity index (χ1v) is 5.89. The molecule has 1 aromatic rings. The van der Waals surface area contributed by atoms with Gasteiger partial charge in [-0.3, -0.25) is 9.78 Å². The second-order valence-corrected chi connectivity index (χ2v) is 4.84. The fraction of sp³-hybridized carbons (Fsp3) is 0.538. The van der Waals surface area contributed by atoms with Gasteiger partial charge < -0.3 is 10.2 Å². The summed E-state index contributed by atoms with van der Waals surface area (Å²) in [6.45, 7) is 1.93. The Morgan fingerprint density at radius 3 is 2.65 bits per heavy atom. The van der Waals surface area contributed by atoms with Crippen LogP contribution in [0.3, 0.4) is 0 Å². The van der Waals surface area contributed by atoms with Crippen LogP contribution in [0.25, 0.3) is 0 Å². The van der Waals surface area contributed by atoms with E-state index in [2.05, 4.69) is 4.98 Å². The molecule has 1 saturated carbocycles. The molecule has 0 bridgehead atoms. The molecule has 0 radical (unpaired) electrons. The lowest BCUT2D eigenvalue weighted by atomic mass is 9.70. The number of hydrogen-bond acceptors (Lipinski definition) is 3. The van der Waals surface area contributed by atoms with Crippen LogP contribution in [0.1, 0.15) is 36.9 Å². The molecule has 4 heteroatoms. The lowest BCUT2D eigenvalue weighted by Crippen LogP contribution is -2.41. The minimum atomic E-state index is -0.911. The Hall–Kier alpha value is -1.42. The number of hydrogen-bond donors (Lipinski definition) is 2. The van der Waals surface area contributed by atoms with E-state index in [0.29, 0.717) is 31.4 Å². The number of aliphatic carboxylic acids is 1. The van der Waals surface area contributed by atoms with Crippen molar-refractivity contribution >= 4 is 5.97 Å². The normalized spacial score (nSPS) is 28.9. The maximum Gasteiger partial charge on any atom is 0.315 e. The standard InChI is InChI=1S/C13H17NO3/c1-9-4-7-14-11(8-9)13(12(16)17)5-2-10(15)3-6-13/h4,7-8,10,15H,2-3,5-6H2,1H3,(H,16,17). The lowest BCUT2D eigenvalue weighted by Gasteiger charge is -2.34. The van der Waals surface area contributed by atoms with Crippen LogP contribution in [0.4, 0.5) is 0 Å². The van der Waals surface area contributed by atoms with Crippen LogP contribution in [-0.2, 0) is 10.2 Å². The topological polar surface area (TPSA) is 70.4 Å². The second kappa shape index (κ2) is 4.45. The quantitative estimate of drug-likeness (QED) is 0.817. The maximum absolute atomic E-state index is 11.6. The second-order valence-electron chi connectivity index (χ2n) is 4.84. The van der Waals surface area contributed by atoms with Gasteiger partial charge in [0.2, 0.25) is 0 Å². The number of carboxylic acid groups (broad SMARTS) is 1. The molecule has 92 valence electrons. The molecular formula is C13H17NO3. The number of aromatic nitrogens is 1. The Labute approximate surface area is 100 Å². The molecule has 1 aliphatic carbocycles. The van der Waals surface area contributed by atoms with Crippen molar-refractivity contribution in [2.75, 3.05) is 0 Å². The monoisotopic (exact) mass is 235 g/mol. The molecule has 0 amide bonds. The number of aliphatic hydroxyl groups excluding tert-OH is 1. The number of rotatable bonds is 2. The predicted octanol–water partition coefficient (Wildman–Crippen LogP) is 1.65. The maximum atomic E-state index is 11.6. The van der Waals surface area contributed by atoms with Gasteiger partial charge in [-0.25, -0.2) is 0 Å². The largest absolute Gasteiger partial charge is 0.481 e. The van der Waals surface area contributed by atoms with E-state index in [-0.39, 0.29) is 6.10 Å². The van der Waals surface area contributed by atoms with Crippen molar-refractivity contribution in [3.8, 4) is 0 Å². The summed E-state index contributed by atoms with van der Waals surface area (Å²) in [7, 11) is 0. The number of carbonyl (C=O) groups is 1. The predicted molar refractivity (Wildman–Crippen MR) is 62.8 cm³/mol. The van der Waals surface area contributed by atoms with Crippen LogP contribution >= 0.6 is 0 Å². The third kappa shape index (κ3) is 2.17. The molecule has 2 rings (SSSR count). The SMILES string of the molecule is Cc1ccnc(C2(C(=O)O)CCC(O)CC2)c1. The van der Waals surface area contributed by atoms with Gasteiger partial charge in [0.05, 0.1) is 11.8 Å². The fourth-order valence-electron chi connectivity index (χ4n) is 2.47. The van der Waals surface area contributed by atoms with Gasteiger partial charge in [-0.15, -0.1) is 0 Å². The summed E-state index contributed by atoms with van der Waals surface area (Å²) in [6.07, 6.45) is 3.26. The molecule has 1 fully saturated rings. The first-order chi connectivity index (χ1) is 8.04. The molecular weight excluding hydrogens is 218 g/mol. The Morgan fingerprint density at radius 2 is 2.12 bits per heavy atom. The van der Waals surface area contributed by atoms with Crippen molar-refractivity contribution in [3.63, 3.8) is 0 Å². The zero-order valence-corrected chi connectivity index (χ0v) is 9.89. The Morgan fingerprint density at radius 1 is 1.47 bits per heavy atom. The van der Waals surface area contributed by atoms with Crippen LogP contribution in [0, 0.1) is 6.92 Å². The van der Waals surface area contributed by atoms with Crippen molar-refractivity contribution in [2.45, 2.75) is 44.1 Å². The van der Waals surface area contributed by atoms with E-state index in [9.17, 15) is 15.0 Å². The minimum Gasteiger partial charge on any atom is -0.481 e. The Bertz CT molecular complexity index is 422. The summed E-state index contributed by atoms with van der Waals surface area (Å²) in [5.74, 6) is -0.831. The summed E-state index contributed by atoms with van der Waals surface area (Å²) < 4.78 is 0. The number of nitrogens with zero attached hydrogens (tertiary/aromatic N) is 1. The zero-order chi connectivity index (χ0) is 12.5. The molecule has 2 N–H and O–H groups in total. The van der Waals surface area contributed by atoms with Gasteiger partial charge in [-0.1, -0.05) is 0 Å². The van der Waals surface area contributed by atoms with E-state index in [1.165, 1.54) is 0 Å². The van der Waals surface area contributed by atoms with Crippen LogP contribution in [0.15, 0.2) is 18.3 Å². The number of aliphatic hydroxyl groups is 1. The van der Waals surface area contributed by atoms with E-state index in [4.69, 9.17) is 0 Å². The highest BCUT2D eigenvalue weighted by Crippen LogP contribution is 2.39. The van der Waals surface area contributed by atoms with Crippen molar-refractivity contribution in [1.29, 1.82) is 0 Å². The van der Waals surface area contributed by atoms with Gasteiger partial charge >= 0.3 is 5.97 Å². The number of carboxylic acids is 1. The number of aryl methyl sites for hydroxylation is 1. The third-order valence-corrected chi connectivity index (χ3v) is 3.62. The molecule has 0 atom stereocenters. The van der Waals surface area contributed by atoms with Gasteiger partial charge in [-0.05, 0) is 50.3 Å². The average molecular weight is 235 g/mol. The highest BCUT2D eigenvalue weighted by Gasteiger charge is 2.44. The molecule has 17 heavy (non-hydrogen) atoms. The highest BCUT2D eigenvalue weighted by atomic mass is 16.4. The van der Waals surface area contributed by atoms with Crippen LogP contribution in [0.5, 0.6) is 0 Å². The van der Waals surface area contributed by atoms with Gasteiger partial charge in [0, 0.05) is 6.20 Å². The zero-order valence-electron chi connectivity index (χ0n) is 9.89. The number of pyridine rings is 1. The van der Waals surface area contributed by atoms with E-state index >= 15 is 0 Å². The molecule has 0 spiro atoms.